The largest absolute Gasteiger partial charge is 0.392 e. The monoisotopic (exact) mass is 151 g/mol. The van der Waals surface area contributed by atoms with Crippen molar-refractivity contribution >= 4 is 0 Å². The van der Waals surface area contributed by atoms with Crippen molar-refractivity contribution in [3.8, 4) is 6.07 Å². The number of rotatable bonds is 2. The highest BCUT2D eigenvalue weighted by Gasteiger charge is 2.02. The van der Waals surface area contributed by atoms with E-state index in [1.165, 1.54) is 0 Å². The summed E-state index contributed by atoms with van der Waals surface area (Å²) in [6.45, 7) is 2.09. The molecule has 1 atom stereocenters. The molecular weight excluding hydrogens is 142 g/mol. The van der Waals surface area contributed by atoms with Gasteiger partial charge in [0.25, 0.3) is 0 Å². The fraction of sp³-hybridized carbons (Fsp3) is 0.429. The van der Waals surface area contributed by atoms with E-state index < -0.39 is 6.10 Å². The first-order chi connectivity index (χ1) is 5.24. The first kappa shape index (κ1) is 7.76. The summed E-state index contributed by atoms with van der Waals surface area (Å²) in [5.41, 5.74) is 0. The van der Waals surface area contributed by atoms with E-state index >= 15 is 0 Å². The molecule has 0 bridgehead atoms. The van der Waals surface area contributed by atoms with Crippen LogP contribution >= 0.6 is 0 Å². The third-order valence-electron chi connectivity index (χ3n) is 1.28. The number of aromatic nitrogens is 2. The minimum absolute atomic E-state index is 0.339. The second-order valence-corrected chi connectivity index (χ2v) is 2.36. The normalized spacial score (nSPS) is 12.5. The van der Waals surface area contributed by atoms with Gasteiger partial charge >= 0.3 is 0 Å². The Hall–Kier alpha value is -1.34. The first-order valence-electron chi connectivity index (χ1n) is 3.33. The van der Waals surface area contributed by atoms with Crippen molar-refractivity contribution in [1.82, 2.24) is 9.55 Å². The summed E-state index contributed by atoms with van der Waals surface area (Å²) in [5.74, 6) is 0.339. The molecule has 4 nitrogen and oxygen atoms in total. The SMILES string of the molecule is CC(O)Cn1ccnc1C#N. The van der Waals surface area contributed by atoms with E-state index in [1.54, 1.807) is 23.9 Å². The van der Waals surface area contributed by atoms with Crippen LogP contribution in [-0.4, -0.2) is 20.8 Å². The second-order valence-electron chi connectivity index (χ2n) is 2.36. The summed E-state index contributed by atoms with van der Waals surface area (Å²) in [7, 11) is 0. The highest BCUT2D eigenvalue weighted by molar-refractivity contribution is 5.11. The molecule has 0 aliphatic rings. The predicted molar refractivity (Wildman–Crippen MR) is 38.6 cm³/mol. The molecule has 0 saturated heterocycles. The lowest BCUT2D eigenvalue weighted by atomic mass is 10.4. The average Bonchev–Trinajstić information content (AvgIpc) is 2.34. The third kappa shape index (κ3) is 1.79. The van der Waals surface area contributed by atoms with Crippen LogP contribution < -0.4 is 0 Å². The summed E-state index contributed by atoms with van der Waals surface area (Å²) in [6.07, 6.45) is 2.77. The Morgan fingerprint density at radius 1 is 1.91 bits per heavy atom. The molecule has 0 saturated carbocycles. The van der Waals surface area contributed by atoms with Crippen molar-refractivity contribution < 1.29 is 5.11 Å². The average molecular weight is 151 g/mol. The molecule has 58 valence electrons. The van der Waals surface area contributed by atoms with E-state index in [0.717, 1.165) is 0 Å². The molecule has 0 aliphatic heterocycles. The smallest absolute Gasteiger partial charge is 0.212 e. The van der Waals surface area contributed by atoms with Crippen LogP contribution in [0.2, 0.25) is 0 Å². The number of hydrogen-bond acceptors (Lipinski definition) is 3. The minimum Gasteiger partial charge on any atom is -0.392 e. The fourth-order valence-corrected chi connectivity index (χ4v) is 0.854. The Labute approximate surface area is 64.7 Å². The Kier molecular flexibility index (Phi) is 2.24. The molecule has 1 aromatic heterocycles. The zero-order valence-corrected chi connectivity index (χ0v) is 6.23. The zero-order valence-electron chi connectivity index (χ0n) is 6.23. The maximum atomic E-state index is 8.99. The maximum Gasteiger partial charge on any atom is 0.212 e. The number of nitrogens with zero attached hydrogens (tertiary/aromatic N) is 3. The summed E-state index contributed by atoms with van der Waals surface area (Å²) in [5, 5.41) is 17.5. The molecule has 0 radical (unpaired) electrons. The Balaban J connectivity index is 2.79. The Morgan fingerprint density at radius 2 is 2.64 bits per heavy atom. The highest BCUT2D eigenvalue weighted by Crippen LogP contribution is 1.97. The van der Waals surface area contributed by atoms with Crippen molar-refractivity contribution in [2.24, 2.45) is 0 Å². The summed E-state index contributed by atoms with van der Waals surface area (Å²) >= 11 is 0. The molecule has 1 N–H and O–H groups in total. The van der Waals surface area contributed by atoms with Gasteiger partial charge in [0.05, 0.1) is 12.6 Å². The van der Waals surface area contributed by atoms with Gasteiger partial charge in [-0.25, -0.2) is 4.98 Å². The van der Waals surface area contributed by atoms with Crippen LogP contribution in [0.5, 0.6) is 0 Å². The van der Waals surface area contributed by atoms with Gasteiger partial charge in [0.2, 0.25) is 5.82 Å². The van der Waals surface area contributed by atoms with Crippen molar-refractivity contribution in [3.05, 3.63) is 18.2 Å². The van der Waals surface area contributed by atoms with Gasteiger partial charge in [0.1, 0.15) is 6.07 Å². The molecule has 0 spiro atoms. The molecule has 1 aromatic rings. The Bertz CT molecular complexity index is 271. The van der Waals surface area contributed by atoms with E-state index in [2.05, 4.69) is 4.98 Å². The van der Waals surface area contributed by atoms with E-state index in [1.807, 2.05) is 6.07 Å². The first-order valence-corrected chi connectivity index (χ1v) is 3.33. The standard InChI is InChI=1S/C7H9N3O/c1-6(11)5-10-3-2-9-7(10)4-8/h2-3,6,11H,5H2,1H3. The lowest BCUT2D eigenvalue weighted by Crippen LogP contribution is -2.12. The lowest BCUT2D eigenvalue weighted by molar-refractivity contribution is 0.173. The van der Waals surface area contributed by atoms with Crippen LogP contribution in [-0.2, 0) is 6.54 Å². The molecule has 11 heavy (non-hydrogen) atoms. The van der Waals surface area contributed by atoms with Crippen molar-refractivity contribution in [2.45, 2.75) is 19.6 Å². The summed E-state index contributed by atoms with van der Waals surface area (Å²) in [6, 6.07) is 1.92. The van der Waals surface area contributed by atoms with Crippen LogP contribution in [0, 0.1) is 11.3 Å². The fourth-order valence-electron chi connectivity index (χ4n) is 0.854. The molecule has 1 unspecified atom stereocenters. The van der Waals surface area contributed by atoms with Crippen LogP contribution in [0.3, 0.4) is 0 Å². The summed E-state index contributed by atoms with van der Waals surface area (Å²) in [4.78, 5) is 3.78. The maximum absolute atomic E-state index is 8.99. The van der Waals surface area contributed by atoms with Crippen LogP contribution in [0.15, 0.2) is 12.4 Å². The second kappa shape index (κ2) is 3.17. The van der Waals surface area contributed by atoms with Crippen LogP contribution in [0.4, 0.5) is 0 Å². The van der Waals surface area contributed by atoms with Gasteiger partial charge in [-0.1, -0.05) is 0 Å². The van der Waals surface area contributed by atoms with Gasteiger partial charge in [0.15, 0.2) is 0 Å². The predicted octanol–water partition coefficient (Wildman–Crippen LogP) is 0.136. The van der Waals surface area contributed by atoms with Gasteiger partial charge in [0, 0.05) is 12.4 Å². The van der Waals surface area contributed by atoms with Gasteiger partial charge in [-0.2, -0.15) is 5.26 Å². The third-order valence-corrected chi connectivity index (χ3v) is 1.28. The Morgan fingerprint density at radius 3 is 3.18 bits per heavy atom. The van der Waals surface area contributed by atoms with Crippen molar-refractivity contribution in [2.75, 3.05) is 0 Å². The van der Waals surface area contributed by atoms with Gasteiger partial charge in [-0.15, -0.1) is 0 Å². The molecule has 1 heterocycles. The van der Waals surface area contributed by atoms with Gasteiger partial charge < -0.3 is 9.67 Å². The topological polar surface area (TPSA) is 61.8 Å². The van der Waals surface area contributed by atoms with E-state index in [4.69, 9.17) is 10.4 Å². The molecule has 1 rings (SSSR count). The van der Waals surface area contributed by atoms with Gasteiger partial charge in [-0.05, 0) is 6.92 Å². The number of aliphatic hydroxyl groups excluding tert-OH is 1. The molecular formula is C7H9N3O. The minimum atomic E-state index is -0.448. The molecule has 0 amide bonds. The summed E-state index contributed by atoms with van der Waals surface area (Å²) < 4.78 is 1.62. The van der Waals surface area contributed by atoms with Crippen molar-refractivity contribution in [3.63, 3.8) is 0 Å². The molecule has 0 fully saturated rings. The number of nitriles is 1. The van der Waals surface area contributed by atoms with Crippen LogP contribution in [0.1, 0.15) is 12.7 Å². The van der Waals surface area contributed by atoms with E-state index in [0.29, 0.717) is 12.4 Å². The highest BCUT2D eigenvalue weighted by atomic mass is 16.3. The number of imidazole rings is 1. The lowest BCUT2D eigenvalue weighted by Gasteiger charge is -2.04. The molecule has 0 aromatic carbocycles. The van der Waals surface area contributed by atoms with Crippen LogP contribution in [0.25, 0.3) is 0 Å². The van der Waals surface area contributed by atoms with Gasteiger partial charge in [-0.3, -0.25) is 0 Å². The molecule has 4 heteroatoms. The quantitative estimate of drug-likeness (QED) is 0.653. The van der Waals surface area contributed by atoms with E-state index in [-0.39, 0.29) is 0 Å². The zero-order chi connectivity index (χ0) is 8.27. The van der Waals surface area contributed by atoms with Crippen molar-refractivity contribution in [1.29, 1.82) is 5.26 Å². The molecule has 0 aliphatic carbocycles. The number of aliphatic hydroxyl groups is 1. The van der Waals surface area contributed by atoms with E-state index in [9.17, 15) is 0 Å². The number of hydrogen-bond donors (Lipinski definition) is 1.